The Labute approximate surface area is 82.8 Å². The van der Waals surface area contributed by atoms with Gasteiger partial charge in [0.25, 0.3) is 0 Å². The highest BCUT2D eigenvalue weighted by atomic mass is 16.5. The maximum atomic E-state index is 11.0. The van der Waals surface area contributed by atoms with Crippen molar-refractivity contribution in [3.05, 3.63) is 17.5 Å². The first kappa shape index (κ1) is 10.6. The van der Waals surface area contributed by atoms with Crippen LogP contribution < -0.4 is 10.6 Å². The van der Waals surface area contributed by atoms with Crippen molar-refractivity contribution in [3.8, 4) is 0 Å². The van der Waals surface area contributed by atoms with Crippen molar-refractivity contribution in [2.24, 2.45) is 0 Å². The first-order valence-corrected chi connectivity index (χ1v) is 4.66. The summed E-state index contributed by atoms with van der Waals surface area (Å²) >= 11 is 0. The molecule has 0 saturated heterocycles. The summed E-state index contributed by atoms with van der Waals surface area (Å²) in [5.41, 5.74) is 0.859. The van der Waals surface area contributed by atoms with E-state index >= 15 is 0 Å². The van der Waals surface area contributed by atoms with Crippen molar-refractivity contribution in [3.63, 3.8) is 0 Å². The Hall–Kier alpha value is -1.52. The van der Waals surface area contributed by atoms with Crippen LogP contribution in [0.1, 0.15) is 18.4 Å². The highest BCUT2D eigenvalue weighted by Gasteiger charge is 2.01. The number of rotatable bonds is 4. The van der Waals surface area contributed by atoms with E-state index < -0.39 is 0 Å². The van der Waals surface area contributed by atoms with Gasteiger partial charge < -0.3 is 15.2 Å². The highest BCUT2D eigenvalue weighted by Crippen LogP contribution is 2.01. The third-order valence-corrected chi connectivity index (χ3v) is 1.67. The minimum Gasteiger partial charge on any atom is -0.361 e. The minimum atomic E-state index is -0.149. The van der Waals surface area contributed by atoms with Crippen LogP contribution in [0.2, 0.25) is 0 Å². The van der Waals surface area contributed by atoms with Crippen LogP contribution in [0.4, 0.5) is 4.79 Å². The number of hydrogen-bond donors (Lipinski definition) is 2. The van der Waals surface area contributed by atoms with E-state index in [0.717, 1.165) is 11.5 Å². The molecule has 5 nitrogen and oxygen atoms in total. The van der Waals surface area contributed by atoms with Crippen LogP contribution in [-0.2, 0) is 6.42 Å². The van der Waals surface area contributed by atoms with Gasteiger partial charge in [0.15, 0.2) is 0 Å². The molecule has 14 heavy (non-hydrogen) atoms. The van der Waals surface area contributed by atoms with Gasteiger partial charge in [-0.05, 0) is 13.8 Å². The largest absolute Gasteiger partial charge is 0.361 e. The molecule has 5 heteroatoms. The number of urea groups is 1. The zero-order valence-electron chi connectivity index (χ0n) is 8.46. The van der Waals surface area contributed by atoms with E-state index in [9.17, 15) is 4.79 Å². The van der Waals surface area contributed by atoms with Crippen LogP contribution in [0.3, 0.4) is 0 Å². The second kappa shape index (κ2) is 5.26. The zero-order chi connectivity index (χ0) is 10.4. The second-order valence-electron chi connectivity index (χ2n) is 2.97. The minimum absolute atomic E-state index is 0.149. The van der Waals surface area contributed by atoms with Crippen LogP contribution in [0, 0.1) is 6.92 Å². The summed E-state index contributed by atoms with van der Waals surface area (Å²) in [7, 11) is 0. The molecular formula is C9H15N3O2. The topological polar surface area (TPSA) is 67.2 Å². The van der Waals surface area contributed by atoms with Gasteiger partial charge in [-0.25, -0.2) is 4.79 Å². The van der Waals surface area contributed by atoms with E-state index in [1.807, 2.05) is 19.9 Å². The van der Waals surface area contributed by atoms with E-state index in [1.165, 1.54) is 0 Å². The monoisotopic (exact) mass is 197 g/mol. The van der Waals surface area contributed by atoms with Gasteiger partial charge in [0.1, 0.15) is 5.76 Å². The van der Waals surface area contributed by atoms with Gasteiger partial charge in [0.2, 0.25) is 0 Å². The molecule has 0 aliphatic carbocycles. The molecular weight excluding hydrogens is 182 g/mol. The lowest BCUT2D eigenvalue weighted by Gasteiger charge is -2.03. The van der Waals surface area contributed by atoms with E-state index in [-0.39, 0.29) is 6.03 Å². The molecule has 1 heterocycles. The maximum Gasteiger partial charge on any atom is 0.314 e. The molecule has 2 amide bonds. The van der Waals surface area contributed by atoms with E-state index in [0.29, 0.717) is 19.5 Å². The molecule has 2 N–H and O–H groups in total. The molecule has 1 aromatic rings. The van der Waals surface area contributed by atoms with Crippen molar-refractivity contribution in [1.82, 2.24) is 15.8 Å². The molecule has 0 radical (unpaired) electrons. The lowest BCUT2D eigenvalue weighted by molar-refractivity contribution is 0.241. The van der Waals surface area contributed by atoms with Gasteiger partial charge >= 0.3 is 6.03 Å². The average molecular weight is 197 g/mol. The summed E-state index contributed by atoms with van der Waals surface area (Å²) in [6.07, 6.45) is 0.665. The SMILES string of the molecule is CCNC(=O)NCCc1cc(C)no1. The van der Waals surface area contributed by atoms with Crippen molar-refractivity contribution < 1.29 is 9.32 Å². The molecule has 1 aromatic heterocycles. The molecule has 0 unspecified atom stereocenters. The molecule has 0 aromatic carbocycles. The fraction of sp³-hybridized carbons (Fsp3) is 0.556. The van der Waals surface area contributed by atoms with Gasteiger partial charge in [-0.1, -0.05) is 5.16 Å². The summed E-state index contributed by atoms with van der Waals surface area (Å²) in [6.45, 7) is 4.93. The number of nitrogens with one attached hydrogen (secondary N) is 2. The van der Waals surface area contributed by atoms with Crippen LogP contribution >= 0.6 is 0 Å². The van der Waals surface area contributed by atoms with Gasteiger partial charge in [-0.3, -0.25) is 0 Å². The Kier molecular flexibility index (Phi) is 3.97. The van der Waals surface area contributed by atoms with Gasteiger partial charge in [-0.15, -0.1) is 0 Å². The van der Waals surface area contributed by atoms with Crippen LogP contribution in [0.15, 0.2) is 10.6 Å². The first-order chi connectivity index (χ1) is 6.72. The molecule has 0 atom stereocenters. The molecule has 0 bridgehead atoms. The Morgan fingerprint density at radius 2 is 2.36 bits per heavy atom. The third-order valence-electron chi connectivity index (χ3n) is 1.67. The lowest BCUT2D eigenvalue weighted by Crippen LogP contribution is -2.36. The molecule has 0 aliphatic rings. The summed E-state index contributed by atoms with van der Waals surface area (Å²) in [4.78, 5) is 11.0. The number of nitrogens with zero attached hydrogens (tertiary/aromatic N) is 1. The summed E-state index contributed by atoms with van der Waals surface area (Å²) in [5.74, 6) is 0.791. The van der Waals surface area contributed by atoms with Gasteiger partial charge in [0, 0.05) is 25.6 Å². The number of aromatic nitrogens is 1. The number of hydrogen-bond acceptors (Lipinski definition) is 3. The third kappa shape index (κ3) is 3.47. The van der Waals surface area contributed by atoms with Crippen molar-refractivity contribution in [2.45, 2.75) is 20.3 Å². The fourth-order valence-electron chi connectivity index (χ4n) is 1.06. The van der Waals surface area contributed by atoms with E-state index in [1.54, 1.807) is 0 Å². The Morgan fingerprint density at radius 1 is 1.57 bits per heavy atom. The standard InChI is InChI=1S/C9H15N3O2/c1-3-10-9(13)11-5-4-8-6-7(2)12-14-8/h6H,3-5H2,1-2H3,(H2,10,11,13). The number of carbonyl (C=O) groups excluding carboxylic acids is 1. The molecule has 0 aliphatic heterocycles. The van der Waals surface area contributed by atoms with Crippen molar-refractivity contribution in [2.75, 3.05) is 13.1 Å². The average Bonchev–Trinajstić information content (AvgIpc) is 2.52. The Bertz CT molecular complexity index is 296. The predicted molar refractivity (Wildman–Crippen MR) is 52.0 cm³/mol. The first-order valence-electron chi connectivity index (χ1n) is 4.66. The van der Waals surface area contributed by atoms with Crippen LogP contribution in [-0.4, -0.2) is 24.3 Å². The highest BCUT2D eigenvalue weighted by molar-refractivity contribution is 5.73. The molecule has 0 spiro atoms. The second-order valence-corrected chi connectivity index (χ2v) is 2.97. The van der Waals surface area contributed by atoms with Gasteiger partial charge in [-0.2, -0.15) is 0 Å². The van der Waals surface area contributed by atoms with E-state index in [2.05, 4.69) is 15.8 Å². The smallest absolute Gasteiger partial charge is 0.314 e. The zero-order valence-corrected chi connectivity index (χ0v) is 8.46. The van der Waals surface area contributed by atoms with Crippen LogP contribution in [0.5, 0.6) is 0 Å². The molecule has 78 valence electrons. The van der Waals surface area contributed by atoms with Gasteiger partial charge in [0.05, 0.1) is 5.69 Å². The summed E-state index contributed by atoms with van der Waals surface area (Å²) < 4.78 is 4.98. The number of amides is 2. The predicted octanol–water partition coefficient (Wildman–Crippen LogP) is 0.845. The normalized spacial score (nSPS) is 9.86. The van der Waals surface area contributed by atoms with Crippen molar-refractivity contribution >= 4 is 6.03 Å². The molecule has 0 saturated carbocycles. The summed E-state index contributed by atoms with van der Waals surface area (Å²) in [5, 5.41) is 9.09. The molecule has 0 fully saturated rings. The van der Waals surface area contributed by atoms with Crippen molar-refractivity contribution in [1.29, 1.82) is 0 Å². The van der Waals surface area contributed by atoms with Crippen LogP contribution in [0.25, 0.3) is 0 Å². The Balaban J connectivity index is 2.18. The number of aryl methyl sites for hydroxylation is 1. The molecule has 1 rings (SSSR count). The summed E-state index contributed by atoms with van der Waals surface area (Å²) in [6, 6.07) is 1.71. The fourth-order valence-corrected chi connectivity index (χ4v) is 1.06. The lowest BCUT2D eigenvalue weighted by atomic mass is 10.3. The number of carbonyl (C=O) groups is 1. The quantitative estimate of drug-likeness (QED) is 0.751. The Morgan fingerprint density at radius 3 is 2.93 bits per heavy atom. The van der Waals surface area contributed by atoms with E-state index in [4.69, 9.17) is 4.52 Å². The maximum absolute atomic E-state index is 11.0.